The van der Waals surface area contributed by atoms with Gasteiger partial charge in [0.2, 0.25) is 0 Å². The molecule has 28 heavy (non-hydrogen) atoms. The van der Waals surface area contributed by atoms with Gasteiger partial charge >= 0.3 is 6.09 Å². The summed E-state index contributed by atoms with van der Waals surface area (Å²) in [5.41, 5.74) is -0.0133. The van der Waals surface area contributed by atoms with Crippen molar-refractivity contribution in [1.82, 2.24) is 10.3 Å². The lowest BCUT2D eigenvalue weighted by molar-refractivity contribution is 0.0957. The molecular formula is C20H16FN3O4. The van der Waals surface area contributed by atoms with Crippen LogP contribution < -0.4 is 20.1 Å². The third-order valence-corrected chi connectivity index (χ3v) is 3.49. The van der Waals surface area contributed by atoms with E-state index in [1.165, 1.54) is 30.5 Å². The molecule has 0 fully saturated rings. The van der Waals surface area contributed by atoms with Gasteiger partial charge in [-0.3, -0.25) is 15.1 Å². The Morgan fingerprint density at radius 1 is 1.04 bits per heavy atom. The van der Waals surface area contributed by atoms with E-state index in [9.17, 15) is 14.0 Å². The highest BCUT2D eigenvalue weighted by Gasteiger charge is 2.11. The van der Waals surface area contributed by atoms with Crippen LogP contribution in [0.4, 0.5) is 14.9 Å². The molecule has 3 aromatic rings. The fourth-order valence-electron chi connectivity index (χ4n) is 2.22. The molecule has 2 aromatic carbocycles. The van der Waals surface area contributed by atoms with E-state index >= 15 is 0 Å². The van der Waals surface area contributed by atoms with Gasteiger partial charge in [0.05, 0.1) is 5.69 Å². The van der Waals surface area contributed by atoms with E-state index < -0.39 is 17.8 Å². The lowest BCUT2D eigenvalue weighted by Crippen LogP contribution is -2.19. The maximum atomic E-state index is 14.3. The quantitative estimate of drug-likeness (QED) is 0.697. The molecule has 0 radical (unpaired) electrons. The number of para-hydroxylation sites is 1. The van der Waals surface area contributed by atoms with Gasteiger partial charge in [0.25, 0.3) is 5.91 Å². The minimum Gasteiger partial charge on any atom is -0.457 e. The van der Waals surface area contributed by atoms with Crippen LogP contribution in [0.2, 0.25) is 0 Å². The number of ether oxygens (including phenoxy) is 2. The predicted octanol–water partition coefficient (Wildman–Crippen LogP) is 3.98. The molecule has 2 amide bonds. The van der Waals surface area contributed by atoms with Crippen LogP contribution in [0.5, 0.6) is 17.2 Å². The number of hydrogen-bond donors (Lipinski definition) is 2. The van der Waals surface area contributed by atoms with E-state index in [1.54, 1.807) is 30.3 Å². The van der Waals surface area contributed by atoms with Crippen molar-refractivity contribution in [3.63, 3.8) is 0 Å². The summed E-state index contributed by atoms with van der Waals surface area (Å²) in [5, 5.41) is 4.62. The fourth-order valence-corrected chi connectivity index (χ4v) is 2.22. The molecule has 7 nitrogen and oxygen atoms in total. The number of pyridine rings is 1. The molecule has 0 aliphatic heterocycles. The summed E-state index contributed by atoms with van der Waals surface area (Å²) in [5.74, 6) is -0.503. The monoisotopic (exact) mass is 382 g/mol. The highest BCUT2D eigenvalue weighted by molar-refractivity contribution is 5.92. The second-order valence-electron chi connectivity index (χ2n) is 5.45. The Kier molecular flexibility index (Phi) is 5.39. The van der Waals surface area contributed by atoms with Crippen molar-refractivity contribution < 1.29 is 24.8 Å². The smallest absolute Gasteiger partial charge is 0.417 e. The van der Waals surface area contributed by atoms with Crippen LogP contribution >= 0.6 is 0 Å². The molecule has 0 atom stereocenters. The molecule has 0 bridgehead atoms. The number of carbonyl (C=O) groups is 2. The molecule has 142 valence electrons. The van der Waals surface area contributed by atoms with Crippen LogP contribution in [0.15, 0.2) is 66.9 Å². The molecule has 0 aliphatic rings. The Morgan fingerprint density at radius 2 is 1.82 bits per heavy atom. The van der Waals surface area contributed by atoms with Gasteiger partial charge in [-0.05, 0) is 30.3 Å². The van der Waals surface area contributed by atoms with Crippen molar-refractivity contribution in [2.24, 2.45) is 0 Å². The van der Waals surface area contributed by atoms with E-state index in [1.807, 2.05) is 0 Å². The number of amides is 2. The highest BCUT2D eigenvalue weighted by atomic mass is 19.1. The predicted molar refractivity (Wildman–Crippen MR) is 100 cm³/mol. The zero-order valence-corrected chi connectivity index (χ0v) is 14.5. The number of aromatic nitrogens is 1. The minimum absolute atomic E-state index is 0.0668. The van der Waals surface area contributed by atoms with Crippen LogP contribution in [0, 0.1) is 5.82 Å². The number of nitrogens with one attached hydrogen (secondary N) is 2. The van der Waals surface area contributed by atoms with E-state index in [4.69, 9.17) is 10.8 Å². The average Bonchev–Trinajstić information content (AvgIpc) is 2.71. The molecule has 0 spiro atoms. The minimum atomic E-state index is -0.831. The van der Waals surface area contributed by atoms with Crippen LogP contribution in [-0.2, 0) is 0 Å². The molecule has 0 saturated carbocycles. The molecular weight excluding hydrogens is 365 g/mol. The molecule has 0 unspecified atom stereocenters. The van der Waals surface area contributed by atoms with Gasteiger partial charge in [0.15, 0.2) is 5.82 Å². The van der Waals surface area contributed by atoms with Gasteiger partial charge in [-0.1, -0.05) is 18.2 Å². The molecule has 1 aromatic heterocycles. The van der Waals surface area contributed by atoms with E-state index in [0.29, 0.717) is 5.75 Å². The van der Waals surface area contributed by atoms with Crippen molar-refractivity contribution >= 4 is 17.7 Å². The molecule has 2 N–H and O–H groups in total. The summed E-state index contributed by atoms with van der Waals surface area (Å²) < 4.78 is 31.9. The molecule has 1 heterocycles. The zero-order valence-electron chi connectivity index (χ0n) is 15.5. The van der Waals surface area contributed by atoms with Crippen molar-refractivity contribution in [3.8, 4) is 17.2 Å². The molecule has 0 saturated heterocycles. The van der Waals surface area contributed by atoms with Gasteiger partial charge in [-0.15, -0.1) is 0 Å². The number of anilines is 1. The summed E-state index contributed by atoms with van der Waals surface area (Å²) in [7, 11) is -0.280. The first kappa shape index (κ1) is 17.5. The average molecular weight is 382 g/mol. The lowest BCUT2D eigenvalue weighted by atomic mass is 10.3. The maximum absolute atomic E-state index is 14.3. The number of carbonyl (C=O) groups excluding carboxylic acids is 2. The van der Waals surface area contributed by atoms with Crippen molar-refractivity contribution in [2.45, 2.75) is 0 Å². The normalized spacial score (nSPS) is 10.5. The Hall–Kier alpha value is -3.94. The van der Waals surface area contributed by atoms with Crippen molar-refractivity contribution in [3.05, 3.63) is 78.4 Å². The molecule has 8 heteroatoms. The first-order valence-corrected chi connectivity index (χ1v) is 8.10. The first-order valence-electron chi connectivity index (χ1n) is 8.80. The number of benzene rings is 2. The summed E-state index contributed by atoms with van der Waals surface area (Å²) >= 11 is 0. The van der Waals surface area contributed by atoms with Crippen molar-refractivity contribution in [1.29, 1.82) is 0 Å². The van der Waals surface area contributed by atoms with Gasteiger partial charge in [0.1, 0.15) is 22.9 Å². The van der Waals surface area contributed by atoms with Crippen LogP contribution in [0.3, 0.4) is 0 Å². The maximum Gasteiger partial charge on any atom is 0.417 e. The van der Waals surface area contributed by atoms with Gasteiger partial charge in [0, 0.05) is 26.7 Å². The summed E-state index contributed by atoms with van der Waals surface area (Å²) in [6.07, 6.45) is 0.531. The standard InChI is InChI=1S/C20H16FN3O4/c1-22-19(25)18-12-15(9-10-23-18)27-14-7-8-17(16(21)11-14)24-20(26)28-13-5-3-2-4-6-13/h2-12H,1H3,(H,22,25)(H,24,26)/i1D. The lowest BCUT2D eigenvalue weighted by Gasteiger charge is -2.10. The topological polar surface area (TPSA) is 89.6 Å². The highest BCUT2D eigenvalue weighted by Crippen LogP contribution is 2.26. The van der Waals surface area contributed by atoms with Gasteiger partial charge in [-0.25, -0.2) is 9.18 Å². The number of nitrogens with zero attached hydrogens (tertiary/aromatic N) is 1. The van der Waals surface area contributed by atoms with E-state index in [0.717, 1.165) is 6.07 Å². The summed E-state index contributed by atoms with van der Waals surface area (Å²) in [6, 6.07) is 15.1. The number of hydrogen-bond acceptors (Lipinski definition) is 5. The number of halogens is 1. The Balaban J connectivity index is 1.66. The van der Waals surface area contributed by atoms with Gasteiger partial charge in [-0.2, -0.15) is 0 Å². The van der Waals surface area contributed by atoms with Crippen LogP contribution in [0.1, 0.15) is 11.9 Å². The fraction of sp³-hybridized carbons (Fsp3) is 0.0500. The third kappa shape index (κ3) is 4.82. The van der Waals surface area contributed by atoms with E-state index in [2.05, 4.69) is 15.6 Å². The summed E-state index contributed by atoms with van der Waals surface area (Å²) in [4.78, 5) is 27.5. The second kappa shape index (κ2) is 8.63. The van der Waals surface area contributed by atoms with Crippen LogP contribution in [-0.4, -0.2) is 24.0 Å². The van der Waals surface area contributed by atoms with Crippen LogP contribution in [0.25, 0.3) is 0 Å². The van der Waals surface area contributed by atoms with Crippen molar-refractivity contribution in [2.75, 3.05) is 12.3 Å². The third-order valence-electron chi connectivity index (χ3n) is 3.49. The molecule has 0 aliphatic carbocycles. The number of rotatable bonds is 5. The molecule has 3 rings (SSSR count). The summed E-state index contributed by atoms with van der Waals surface area (Å²) in [6.45, 7) is 0. The van der Waals surface area contributed by atoms with E-state index in [-0.39, 0.29) is 29.9 Å². The Bertz CT molecular complexity index is 1020. The Morgan fingerprint density at radius 3 is 2.57 bits per heavy atom. The zero-order chi connectivity index (χ0) is 20.6. The Labute approximate surface area is 161 Å². The SMILES string of the molecule is [2H]CNC(=O)c1cc(Oc2ccc(NC(=O)Oc3ccccc3)c(F)c2)ccn1. The van der Waals surface area contributed by atoms with Gasteiger partial charge < -0.3 is 14.8 Å². The first-order chi connectivity index (χ1) is 14.0. The largest absolute Gasteiger partial charge is 0.457 e. The second-order valence-corrected chi connectivity index (χ2v) is 5.45.